The number of nitrogens with zero attached hydrogens (tertiary/aromatic N) is 3. The van der Waals surface area contributed by atoms with Crippen molar-refractivity contribution in [1.82, 2.24) is 24.5 Å². The van der Waals surface area contributed by atoms with Crippen LogP contribution in [-0.2, 0) is 23.1 Å². The summed E-state index contributed by atoms with van der Waals surface area (Å²) in [5.74, 6) is 1.36. The van der Waals surface area contributed by atoms with E-state index in [2.05, 4.69) is 28.9 Å². The van der Waals surface area contributed by atoms with Crippen LogP contribution < -0.4 is 10.0 Å². The van der Waals surface area contributed by atoms with Crippen LogP contribution in [0.5, 0.6) is 0 Å². The highest BCUT2D eigenvalue weighted by atomic mass is 32.2. The van der Waals surface area contributed by atoms with Crippen molar-refractivity contribution in [3.05, 3.63) is 18.2 Å². The Morgan fingerprint density at radius 2 is 2.20 bits per heavy atom. The van der Waals surface area contributed by atoms with Gasteiger partial charge in [-0.25, -0.2) is 22.9 Å². The molecule has 0 bridgehead atoms. The van der Waals surface area contributed by atoms with E-state index in [9.17, 15) is 13.2 Å². The molecule has 0 spiro atoms. The fourth-order valence-corrected chi connectivity index (χ4v) is 4.17. The molecule has 2 amide bonds. The summed E-state index contributed by atoms with van der Waals surface area (Å²) in [6.07, 6.45) is 5.30. The molecular weight excluding hydrogens is 342 g/mol. The van der Waals surface area contributed by atoms with Gasteiger partial charge in [0.25, 0.3) is 0 Å². The first-order chi connectivity index (χ1) is 11.8. The summed E-state index contributed by atoms with van der Waals surface area (Å²) in [5.41, 5.74) is 0. The van der Waals surface area contributed by atoms with Crippen LogP contribution in [0.1, 0.15) is 32.5 Å². The second-order valence-corrected chi connectivity index (χ2v) is 8.96. The number of imidazole rings is 1. The van der Waals surface area contributed by atoms with E-state index >= 15 is 0 Å². The lowest BCUT2D eigenvalue weighted by Crippen LogP contribution is -2.47. The van der Waals surface area contributed by atoms with Crippen LogP contribution in [-0.4, -0.2) is 54.8 Å². The number of piperidine rings is 1. The zero-order valence-electron chi connectivity index (χ0n) is 15.2. The number of nitrogens with one attached hydrogen (secondary N) is 2. The minimum Gasteiger partial charge on any atom is -0.333 e. The van der Waals surface area contributed by atoms with E-state index in [0.29, 0.717) is 25.6 Å². The van der Waals surface area contributed by atoms with Crippen molar-refractivity contribution in [2.75, 3.05) is 25.9 Å². The third kappa shape index (κ3) is 6.00. The van der Waals surface area contributed by atoms with Crippen molar-refractivity contribution in [2.24, 2.45) is 11.8 Å². The third-order valence-corrected chi connectivity index (χ3v) is 5.87. The molecule has 8 nitrogen and oxygen atoms in total. The van der Waals surface area contributed by atoms with Gasteiger partial charge in [-0.1, -0.05) is 13.8 Å². The Labute approximate surface area is 150 Å². The topological polar surface area (TPSA) is 96.3 Å². The van der Waals surface area contributed by atoms with Gasteiger partial charge in [-0.2, -0.15) is 0 Å². The number of hydrogen-bond donors (Lipinski definition) is 2. The van der Waals surface area contributed by atoms with E-state index in [-0.39, 0.29) is 17.7 Å². The van der Waals surface area contributed by atoms with Gasteiger partial charge in [-0.3, -0.25) is 0 Å². The quantitative estimate of drug-likeness (QED) is 0.748. The highest BCUT2D eigenvalue weighted by Gasteiger charge is 2.27. The Morgan fingerprint density at radius 3 is 2.88 bits per heavy atom. The molecule has 142 valence electrons. The number of carbonyl (C=O) groups is 1. The summed E-state index contributed by atoms with van der Waals surface area (Å²) in [4.78, 5) is 18.4. The number of likely N-dealkylation sites (tertiary alicyclic amines) is 1. The Morgan fingerprint density at radius 1 is 1.44 bits per heavy atom. The zero-order chi connectivity index (χ0) is 18.4. The number of amides is 2. The molecule has 0 radical (unpaired) electrons. The average molecular weight is 372 g/mol. The first-order valence-electron chi connectivity index (χ1n) is 8.74. The second kappa shape index (κ2) is 8.66. The van der Waals surface area contributed by atoms with E-state index in [0.717, 1.165) is 25.2 Å². The van der Waals surface area contributed by atoms with Crippen LogP contribution in [0.3, 0.4) is 0 Å². The lowest BCUT2D eigenvalue weighted by molar-refractivity contribution is 0.169. The van der Waals surface area contributed by atoms with Crippen molar-refractivity contribution in [2.45, 2.75) is 39.8 Å². The van der Waals surface area contributed by atoms with Crippen molar-refractivity contribution < 1.29 is 13.2 Å². The third-order valence-electron chi connectivity index (χ3n) is 4.33. The normalized spacial score (nSPS) is 18.6. The highest BCUT2D eigenvalue weighted by Crippen LogP contribution is 2.18. The van der Waals surface area contributed by atoms with Crippen molar-refractivity contribution >= 4 is 16.1 Å². The van der Waals surface area contributed by atoms with Gasteiger partial charge in [0.05, 0.1) is 12.3 Å². The van der Waals surface area contributed by atoms with Crippen LogP contribution in [0.2, 0.25) is 0 Å². The molecule has 1 aliphatic heterocycles. The minimum absolute atomic E-state index is 0.0279. The van der Waals surface area contributed by atoms with Crippen molar-refractivity contribution in [1.29, 1.82) is 0 Å². The smallest absolute Gasteiger partial charge is 0.317 e. The zero-order valence-corrected chi connectivity index (χ0v) is 16.1. The van der Waals surface area contributed by atoms with Gasteiger partial charge in [0.2, 0.25) is 10.0 Å². The van der Waals surface area contributed by atoms with Gasteiger partial charge in [0.15, 0.2) is 0 Å². The molecule has 2 N–H and O–H groups in total. The first kappa shape index (κ1) is 19.7. The van der Waals surface area contributed by atoms with Crippen LogP contribution >= 0.6 is 0 Å². The fraction of sp³-hybridized carbons (Fsp3) is 0.750. The predicted octanol–water partition coefficient (Wildman–Crippen LogP) is 1.01. The van der Waals surface area contributed by atoms with Crippen molar-refractivity contribution in [3.8, 4) is 0 Å². The van der Waals surface area contributed by atoms with E-state index in [1.807, 2.05) is 10.8 Å². The number of hydrogen-bond acceptors (Lipinski definition) is 4. The molecule has 1 fully saturated rings. The number of sulfonamides is 1. The summed E-state index contributed by atoms with van der Waals surface area (Å²) >= 11 is 0. The fourth-order valence-electron chi connectivity index (χ4n) is 3.11. The maximum absolute atomic E-state index is 12.4. The lowest BCUT2D eigenvalue weighted by Gasteiger charge is -2.32. The minimum atomic E-state index is -3.25. The van der Waals surface area contributed by atoms with Gasteiger partial charge < -0.3 is 14.8 Å². The molecule has 1 saturated heterocycles. The SMILES string of the molecule is CNS(=O)(=O)CC1CCCN(C(=O)NCc2nccn2CC(C)C)C1. The van der Waals surface area contributed by atoms with Crippen LogP contribution in [0.4, 0.5) is 4.79 Å². The molecular formula is C16H29N5O3S. The van der Waals surface area contributed by atoms with Crippen LogP contribution in [0, 0.1) is 11.8 Å². The van der Waals surface area contributed by atoms with Crippen LogP contribution in [0.15, 0.2) is 12.4 Å². The van der Waals surface area contributed by atoms with E-state index in [1.165, 1.54) is 7.05 Å². The van der Waals surface area contributed by atoms with E-state index in [1.54, 1.807) is 11.1 Å². The molecule has 2 rings (SSSR count). The van der Waals surface area contributed by atoms with Gasteiger partial charge >= 0.3 is 6.03 Å². The predicted molar refractivity (Wildman–Crippen MR) is 96.4 cm³/mol. The summed E-state index contributed by atoms with van der Waals surface area (Å²) in [7, 11) is -1.84. The number of aromatic nitrogens is 2. The second-order valence-electron chi connectivity index (χ2n) is 6.99. The molecule has 9 heteroatoms. The Bertz CT molecular complexity index is 671. The molecule has 0 aromatic carbocycles. The summed E-state index contributed by atoms with van der Waals surface area (Å²) in [6, 6.07) is -0.161. The largest absolute Gasteiger partial charge is 0.333 e. The lowest BCUT2D eigenvalue weighted by atomic mass is 10.0. The van der Waals surface area contributed by atoms with Gasteiger partial charge in [-0.05, 0) is 31.7 Å². The van der Waals surface area contributed by atoms with Crippen molar-refractivity contribution in [3.63, 3.8) is 0 Å². The van der Waals surface area contributed by atoms with E-state index < -0.39 is 10.0 Å². The summed E-state index contributed by atoms with van der Waals surface area (Å²) in [5, 5.41) is 2.90. The van der Waals surface area contributed by atoms with E-state index in [4.69, 9.17) is 0 Å². The molecule has 0 aliphatic carbocycles. The Kier molecular flexibility index (Phi) is 6.83. The molecule has 25 heavy (non-hydrogen) atoms. The first-order valence-corrected chi connectivity index (χ1v) is 10.4. The summed E-state index contributed by atoms with van der Waals surface area (Å²) < 4.78 is 27.8. The Hall–Kier alpha value is -1.61. The maximum atomic E-state index is 12.4. The monoisotopic (exact) mass is 371 g/mol. The maximum Gasteiger partial charge on any atom is 0.317 e. The molecule has 1 aliphatic rings. The van der Waals surface area contributed by atoms with Gasteiger partial charge in [0, 0.05) is 32.0 Å². The molecule has 1 aromatic heterocycles. The molecule has 0 saturated carbocycles. The standard InChI is InChI=1S/C16H29N5O3S/c1-13(2)10-20-8-6-18-15(20)9-19-16(22)21-7-4-5-14(11-21)12-25(23,24)17-3/h6,8,13-14,17H,4-5,7,9-12H2,1-3H3,(H,19,22). The van der Waals surface area contributed by atoms with Gasteiger partial charge in [-0.15, -0.1) is 0 Å². The molecule has 1 unspecified atom stereocenters. The Balaban J connectivity index is 1.87. The highest BCUT2D eigenvalue weighted by molar-refractivity contribution is 7.89. The van der Waals surface area contributed by atoms with Crippen LogP contribution in [0.25, 0.3) is 0 Å². The molecule has 2 heterocycles. The number of carbonyl (C=O) groups excluding carboxylic acids is 1. The molecule has 1 atom stereocenters. The summed E-state index contributed by atoms with van der Waals surface area (Å²) in [6.45, 7) is 6.62. The average Bonchev–Trinajstić information content (AvgIpc) is 2.99. The van der Waals surface area contributed by atoms with Gasteiger partial charge in [0.1, 0.15) is 5.82 Å². The number of rotatable bonds is 7. The number of urea groups is 1. The molecule has 1 aromatic rings.